The number of carbonyl (C=O) groups is 1. The zero-order valence-electron chi connectivity index (χ0n) is 11.9. The second-order valence-corrected chi connectivity index (χ2v) is 5.20. The summed E-state index contributed by atoms with van der Waals surface area (Å²) in [6.07, 6.45) is 2.06. The first-order valence-electron chi connectivity index (χ1n) is 6.92. The third kappa shape index (κ3) is 2.93. The van der Waals surface area contributed by atoms with Gasteiger partial charge in [0, 0.05) is 6.42 Å². The summed E-state index contributed by atoms with van der Waals surface area (Å²) in [4.78, 5) is 11.8. The van der Waals surface area contributed by atoms with Gasteiger partial charge in [-0.1, -0.05) is 12.1 Å². The molecule has 0 aliphatic carbocycles. The standard InChI is InChI=1S/C16H19NO3/c1-3-19-15(18)16(2,11-17)8-6-12-4-5-14-13(10-12)7-9-20-14/h4-5,10H,3,6-9H2,1-2H3. The molecule has 1 aliphatic heterocycles. The highest BCUT2D eigenvalue weighted by Crippen LogP contribution is 2.29. The van der Waals surface area contributed by atoms with Crippen molar-refractivity contribution in [3.63, 3.8) is 0 Å². The summed E-state index contributed by atoms with van der Waals surface area (Å²) in [5.74, 6) is 0.509. The summed E-state index contributed by atoms with van der Waals surface area (Å²) >= 11 is 0. The van der Waals surface area contributed by atoms with Crippen LogP contribution < -0.4 is 4.74 Å². The van der Waals surface area contributed by atoms with Crippen LogP contribution in [0.1, 0.15) is 31.4 Å². The van der Waals surface area contributed by atoms with E-state index in [-0.39, 0.29) is 0 Å². The van der Waals surface area contributed by atoms with E-state index in [1.807, 2.05) is 12.1 Å². The minimum absolute atomic E-state index is 0.298. The Labute approximate surface area is 119 Å². The largest absolute Gasteiger partial charge is 0.493 e. The van der Waals surface area contributed by atoms with E-state index < -0.39 is 11.4 Å². The molecule has 1 aromatic carbocycles. The third-order valence-electron chi connectivity index (χ3n) is 3.64. The fourth-order valence-corrected chi connectivity index (χ4v) is 2.28. The molecule has 0 saturated heterocycles. The number of benzene rings is 1. The molecule has 0 N–H and O–H groups in total. The van der Waals surface area contributed by atoms with Gasteiger partial charge in [-0.15, -0.1) is 0 Å². The van der Waals surface area contributed by atoms with Gasteiger partial charge in [-0.05, 0) is 43.9 Å². The highest BCUT2D eigenvalue weighted by atomic mass is 16.5. The molecule has 0 fully saturated rings. The molecular formula is C16H19NO3. The molecule has 0 aromatic heterocycles. The van der Waals surface area contributed by atoms with Crippen LogP contribution in [-0.4, -0.2) is 19.2 Å². The van der Waals surface area contributed by atoms with Crippen molar-refractivity contribution in [2.75, 3.05) is 13.2 Å². The van der Waals surface area contributed by atoms with E-state index in [1.165, 1.54) is 5.56 Å². The lowest BCUT2D eigenvalue weighted by Gasteiger charge is -2.19. The van der Waals surface area contributed by atoms with E-state index in [1.54, 1.807) is 13.8 Å². The molecule has 1 aromatic rings. The van der Waals surface area contributed by atoms with Crippen molar-refractivity contribution in [2.45, 2.75) is 33.1 Å². The summed E-state index contributed by atoms with van der Waals surface area (Å²) in [6, 6.07) is 8.15. The number of hydrogen-bond acceptors (Lipinski definition) is 4. The first-order valence-corrected chi connectivity index (χ1v) is 6.92. The number of nitriles is 1. The second-order valence-electron chi connectivity index (χ2n) is 5.20. The van der Waals surface area contributed by atoms with Gasteiger partial charge in [0.05, 0.1) is 19.3 Å². The van der Waals surface area contributed by atoms with Crippen molar-refractivity contribution in [1.29, 1.82) is 5.26 Å². The molecule has 20 heavy (non-hydrogen) atoms. The molecule has 4 heteroatoms. The van der Waals surface area contributed by atoms with Crippen molar-refractivity contribution in [3.05, 3.63) is 29.3 Å². The molecule has 106 valence electrons. The predicted octanol–water partition coefficient (Wildman–Crippen LogP) is 2.65. The van der Waals surface area contributed by atoms with Crippen LogP contribution in [0, 0.1) is 16.7 Å². The Morgan fingerprint density at radius 1 is 1.55 bits per heavy atom. The maximum Gasteiger partial charge on any atom is 0.326 e. The fourth-order valence-electron chi connectivity index (χ4n) is 2.28. The van der Waals surface area contributed by atoms with Crippen LogP contribution in [0.2, 0.25) is 0 Å². The quantitative estimate of drug-likeness (QED) is 0.774. The average Bonchev–Trinajstić information content (AvgIpc) is 2.92. The minimum Gasteiger partial charge on any atom is -0.493 e. The van der Waals surface area contributed by atoms with Crippen molar-refractivity contribution in [1.82, 2.24) is 0 Å². The van der Waals surface area contributed by atoms with E-state index in [0.29, 0.717) is 19.4 Å². The summed E-state index contributed by atoms with van der Waals surface area (Å²) < 4.78 is 10.4. The summed E-state index contributed by atoms with van der Waals surface area (Å²) in [5, 5.41) is 9.24. The normalized spacial score (nSPS) is 15.7. The SMILES string of the molecule is CCOC(=O)C(C)(C#N)CCc1ccc2c(c1)CCO2. The van der Waals surface area contributed by atoms with Gasteiger partial charge in [0.1, 0.15) is 5.75 Å². The molecule has 1 atom stereocenters. The van der Waals surface area contributed by atoms with E-state index in [9.17, 15) is 10.1 Å². The van der Waals surface area contributed by atoms with Gasteiger partial charge in [0.15, 0.2) is 5.41 Å². The van der Waals surface area contributed by atoms with Gasteiger partial charge in [-0.3, -0.25) is 4.79 Å². The second kappa shape index (κ2) is 5.96. The first kappa shape index (κ1) is 14.4. The van der Waals surface area contributed by atoms with E-state index in [0.717, 1.165) is 24.3 Å². The fraction of sp³-hybridized carbons (Fsp3) is 0.500. The lowest BCUT2D eigenvalue weighted by atomic mass is 9.85. The van der Waals surface area contributed by atoms with Crippen molar-refractivity contribution < 1.29 is 14.3 Å². The average molecular weight is 273 g/mol. The number of rotatable bonds is 5. The predicted molar refractivity (Wildman–Crippen MR) is 74.3 cm³/mol. The van der Waals surface area contributed by atoms with Crippen LogP contribution in [-0.2, 0) is 22.4 Å². The van der Waals surface area contributed by atoms with Crippen molar-refractivity contribution in [3.8, 4) is 11.8 Å². The Morgan fingerprint density at radius 2 is 2.35 bits per heavy atom. The highest BCUT2D eigenvalue weighted by Gasteiger charge is 2.34. The van der Waals surface area contributed by atoms with Crippen LogP contribution in [0.15, 0.2) is 18.2 Å². The van der Waals surface area contributed by atoms with Gasteiger partial charge < -0.3 is 9.47 Å². The smallest absolute Gasteiger partial charge is 0.326 e. The summed E-state index contributed by atoms with van der Waals surface area (Å²) in [6.45, 7) is 4.42. The summed E-state index contributed by atoms with van der Waals surface area (Å²) in [7, 11) is 0. The first-order chi connectivity index (χ1) is 9.59. The number of hydrogen-bond donors (Lipinski definition) is 0. The number of aryl methyl sites for hydroxylation is 1. The van der Waals surface area contributed by atoms with E-state index in [2.05, 4.69) is 12.1 Å². The molecule has 0 bridgehead atoms. The third-order valence-corrected chi connectivity index (χ3v) is 3.64. The topological polar surface area (TPSA) is 59.3 Å². The maximum atomic E-state index is 11.8. The number of esters is 1. The molecule has 0 radical (unpaired) electrons. The van der Waals surface area contributed by atoms with Gasteiger partial charge in [-0.25, -0.2) is 0 Å². The zero-order chi connectivity index (χ0) is 14.6. The molecule has 1 aliphatic rings. The highest BCUT2D eigenvalue weighted by molar-refractivity contribution is 5.79. The molecule has 1 unspecified atom stereocenters. The van der Waals surface area contributed by atoms with Crippen LogP contribution in [0.25, 0.3) is 0 Å². The van der Waals surface area contributed by atoms with Crippen molar-refractivity contribution in [2.24, 2.45) is 5.41 Å². The van der Waals surface area contributed by atoms with Crippen LogP contribution in [0.5, 0.6) is 5.75 Å². The number of fused-ring (bicyclic) bond motifs is 1. The Bertz CT molecular complexity index is 547. The molecule has 0 spiro atoms. The van der Waals surface area contributed by atoms with Gasteiger partial charge in [0.2, 0.25) is 0 Å². The van der Waals surface area contributed by atoms with Crippen LogP contribution in [0.3, 0.4) is 0 Å². The number of ether oxygens (including phenoxy) is 2. The Kier molecular flexibility index (Phi) is 4.29. The Balaban J connectivity index is 2.03. The lowest BCUT2D eigenvalue weighted by Crippen LogP contribution is -2.29. The molecule has 1 heterocycles. The van der Waals surface area contributed by atoms with Gasteiger partial charge >= 0.3 is 5.97 Å². The lowest BCUT2D eigenvalue weighted by molar-refractivity contribution is -0.151. The minimum atomic E-state index is -1.08. The summed E-state index contributed by atoms with van der Waals surface area (Å²) in [5.41, 5.74) is 1.25. The van der Waals surface area contributed by atoms with Crippen LogP contribution in [0.4, 0.5) is 0 Å². The molecule has 0 amide bonds. The number of carbonyl (C=O) groups excluding carboxylic acids is 1. The Morgan fingerprint density at radius 3 is 3.05 bits per heavy atom. The monoisotopic (exact) mass is 273 g/mol. The maximum absolute atomic E-state index is 11.8. The van der Waals surface area contributed by atoms with Gasteiger partial charge in [0.25, 0.3) is 0 Å². The van der Waals surface area contributed by atoms with Crippen LogP contribution >= 0.6 is 0 Å². The Hall–Kier alpha value is -2.02. The molecule has 2 rings (SSSR count). The number of nitrogens with zero attached hydrogens (tertiary/aromatic N) is 1. The zero-order valence-corrected chi connectivity index (χ0v) is 11.9. The van der Waals surface area contributed by atoms with E-state index >= 15 is 0 Å². The van der Waals surface area contributed by atoms with Crippen molar-refractivity contribution >= 4 is 5.97 Å². The molecular weight excluding hydrogens is 254 g/mol. The molecule has 4 nitrogen and oxygen atoms in total. The van der Waals surface area contributed by atoms with Gasteiger partial charge in [-0.2, -0.15) is 5.26 Å². The van der Waals surface area contributed by atoms with E-state index in [4.69, 9.17) is 9.47 Å². The molecule has 0 saturated carbocycles.